The normalized spacial score (nSPS) is 34.7. The second-order valence-electron chi connectivity index (χ2n) is 17.1. The van der Waals surface area contributed by atoms with Crippen LogP contribution in [0.25, 0.3) is 0 Å². The van der Waals surface area contributed by atoms with Gasteiger partial charge < -0.3 is 9.64 Å². The smallest absolute Gasteiger partial charge is 0.264 e. The molecule has 1 spiro atoms. The molecule has 2 aliphatic carbocycles. The number of aryl methyl sites for hydroxylation is 1. The van der Waals surface area contributed by atoms with Crippen LogP contribution in [0.15, 0.2) is 48.6 Å². The molecule has 8 nitrogen and oxygen atoms in total. The zero-order chi connectivity index (χ0) is 36.0. The van der Waals surface area contributed by atoms with Crippen LogP contribution in [0.1, 0.15) is 93.1 Å². The fourth-order valence-corrected chi connectivity index (χ4v) is 11.8. The zero-order valence-corrected chi connectivity index (χ0v) is 32.6. The molecule has 0 radical (unpaired) electrons. The van der Waals surface area contributed by atoms with E-state index >= 15 is 0 Å². The van der Waals surface area contributed by atoms with Crippen molar-refractivity contribution >= 4 is 33.2 Å². The van der Waals surface area contributed by atoms with Crippen LogP contribution < -0.4 is 14.4 Å². The number of hydrogen-bond donors (Lipinski definition) is 1. The van der Waals surface area contributed by atoms with Crippen LogP contribution in [-0.2, 0) is 21.9 Å². The molecule has 1 N–H and O–H groups in total. The Kier molecular flexibility index (Phi) is 10.4. The van der Waals surface area contributed by atoms with E-state index in [-0.39, 0.29) is 11.3 Å². The summed E-state index contributed by atoms with van der Waals surface area (Å²) in [6.45, 7) is 11.7. The van der Waals surface area contributed by atoms with E-state index in [2.05, 4.69) is 43.7 Å². The number of piperazine rings is 1. The quantitative estimate of drug-likeness (QED) is 0.330. The summed E-state index contributed by atoms with van der Waals surface area (Å²) in [5.41, 5.74) is 3.64. The molecule has 2 aromatic rings. The van der Waals surface area contributed by atoms with E-state index in [1.807, 2.05) is 25.1 Å². The first-order valence-corrected chi connectivity index (χ1v) is 22.0. The van der Waals surface area contributed by atoms with E-state index in [1.54, 1.807) is 13.0 Å². The molecule has 52 heavy (non-hydrogen) atoms. The number of ether oxygens (including phenoxy) is 1. The predicted molar refractivity (Wildman–Crippen MR) is 209 cm³/mol. The van der Waals surface area contributed by atoms with Crippen molar-refractivity contribution in [2.24, 2.45) is 23.7 Å². The number of nitrogens with zero attached hydrogens (tertiary/aromatic N) is 3. The number of fused-ring (bicyclic) bond motifs is 5. The predicted octanol–water partition coefficient (Wildman–Crippen LogP) is 7.06. The van der Waals surface area contributed by atoms with Gasteiger partial charge in [-0.05, 0) is 130 Å². The highest BCUT2D eigenvalue weighted by molar-refractivity contribution is 7.90. The van der Waals surface area contributed by atoms with E-state index in [9.17, 15) is 13.2 Å². The fraction of sp³-hybridized carbons (Fsp3) is 0.643. The van der Waals surface area contributed by atoms with Crippen LogP contribution in [0.3, 0.4) is 0 Å². The number of carbonyl (C=O) groups excluding carboxylic acids is 1. The summed E-state index contributed by atoms with van der Waals surface area (Å²) in [4.78, 5) is 21.6. The summed E-state index contributed by atoms with van der Waals surface area (Å²) in [6, 6.07) is 12.5. The van der Waals surface area contributed by atoms with Crippen LogP contribution in [-0.4, -0.2) is 87.8 Å². The number of halogens is 1. The van der Waals surface area contributed by atoms with Crippen molar-refractivity contribution in [2.75, 3.05) is 57.3 Å². The van der Waals surface area contributed by atoms with Gasteiger partial charge in [0.1, 0.15) is 5.75 Å². The maximum atomic E-state index is 13.6. The van der Waals surface area contributed by atoms with Crippen molar-refractivity contribution in [2.45, 2.75) is 94.8 Å². The largest absolute Gasteiger partial charge is 0.490 e. The highest BCUT2D eigenvalue weighted by atomic mass is 35.5. The van der Waals surface area contributed by atoms with Crippen molar-refractivity contribution in [3.05, 3.63) is 70.3 Å². The third-order valence-electron chi connectivity index (χ3n) is 13.8. The van der Waals surface area contributed by atoms with E-state index in [1.165, 1.54) is 56.2 Å². The summed E-state index contributed by atoms with van der Waals surface area (Å²) in [6.07, 6.45) is 16.2. The Morgan fingerprint density at radius 1 is 0.981 bits per heavy atom. The molecular weight excluding hydrogens is 692 g/mol. The first kappa shape index (κ1) is 36.4. The summed E-state index contributed by atoms with van der Waals surface area (Å²) >= 11 is 6.51. The Balaban J connectivity index is 1.14. The SMILES string of the molecule is C[C@@H]1[C@@H](C)C/C=C/[C@H](CN2CCN3CCCCCC3C2)[C@@H]2CC[C@H]2CN2C[C@@]3(CCCc4cc(Cl)ccc43)COc3ccc(cc32)C(=O)NS1(=O)=O. The fourth-order valence-electron chi connectivity index (χ4n) is 10.4. The maximum absolute atomic E-state index is 13.6. The zero-order valence-electron chi connectivity index (χ0n) is 31.1. The molecule has 1 amide bonds. The molecule has 282 valence electrons. The number of nitrogens with one attached hydrogen (secondary N) is 1. The van der Waals surface area contributed by atoms with Crippen molar-refractivity contribution in [1.82, 2.24) is 14.5 Å². The monoisotopic (exact) mass is 748 g/mol. The topological polar surface area (TPSA) is 82.2 Å². The maximum Gasteiger partial charge on any atom is 0.264 e. The van der Waals surface area contributed by atoms with Gasteiger partial charge in [-0.2, -0.15) is 0 Å². The number of sulfonamides is 1. The minimum absolute atomic E-state index is 0.137. The van der Waals surface area contributed by atoms with Gasteiger partial charge in [-0.3, -0.25) is 14.6 Å². The van der Waals surface area contributed by atoms with Crippen molar-refractivity contribution in [1.29, 1.82) is 0 Å². The molecule has 10 heteroatoms. The van der Waals surface area contributed by atoms with Gasteiger partial charge >= 0.3 is 0 Å². The Labute approximate surface area is 316 Å². The van der Waals surface area contributed by atoms with Gasteiger partial charge in [0.15, 0.2) is 0 Å². The van der Waals surface area contributed by atoms with E-state index in [4.69, 9.17) is 16.3 Å². The molecule has 4 heterocycles. The van der Waals surface area contributed by atoms with Crippen molar-refractivity contribution in [3.63, 3.8) is 0 Å². The minimum atomic E-state index is -3.90. The molecule has 2 saturated heterocycles. The molecule has 4 aliphatic heterocycles. The summed E-state index contributed by atoms with van der Waals surface area (Å²) < 4.78 is 36.3. The molecule has 1 saturated carbocycles. The Hall–Kier alpha value is -2.59. The second kappa shape index (κ2) is 14.9. The van der Waals surface area contributed by atoms with Gasteiger partial charge in [0.05, 0.1) is 17.5 Å². The first-order valence-electron chi connectivity index (χ1n) is 20.1. The van der Waals surface area contributed by atoms with Gasteiger partial charge in [-0.15, -0.1) is 0 Å². The van der Waals surface area contributed by atoms with Crippen LogP contribution in [0.5, 0.6) is 5.75 Å². The van der Waals surface area contributed by atoms with Gasteiger partial charge in [0.2, 0.25) is 10.0 Å². The highest BCUT2D eigenvalue weighted by Gasteiger charge is 2.45. The number of amides is 1. The average Bonchev–Trinajstić information content (AvgIpc) is 3.44. The molecule has 0 aromatic heterocycles. The van der Waals surface area contributed by atoms with Crippen LogP contribution in [0.4, 0.5) is 5.69 Å². The summed E-state index contributed by atoms with van der Waals surface area (Å²) in [5.74, 6) is 1.49. The molecular formula is C42H57ClN4O4S. The van der Waals surface area contributed by atoms with Crippen LogP contribution >= 0.6 is 11.6 Å². The molecule has 6 aliphatic rings. The minimum Gasteiger partial charge on any atom is -0.490 e. The highest BCUT2D eigenvalue weighted by Crippen LogP contribution is 2.48. The third-order valence-corrected chi connectivity index (χ3v) is 16.0. The lowest BCUT2D eigenvalue weighted by molar-refractivity contribution is 0.0453. The van der Waals surface area contributed by atoms with Crippen molar-refractivity contribution in [3.8, 4) is 5.75 Å². The number of anilines is 1. The number of hydrogen-bond acceptors (Lipinski definition) is 7. The van der Waals surface area contributed by atoms with Crippen LogP contribution in [0, 0.1) is 23.7 Å². The van der Waals surface area contributed by atoms with Crippen LogP contribution in [0.2, 0.25) is 5.02 Å². The lowest BCUT2D eigenvalue weighted by atomic mass is 9.65. The molecule has 1 unspecified atom stereocenters. The average molecular weight is 749 g/mol. The number of rotatable bonds is 2. The number of benzene rings is 2. The molecule has 7 atom stereocenters. The molecule has 2 bridgehead atoms. The summed E-state index contributed by atoms with van der Waals surface area (Å²) in [5, 5.41) is 0.0532. The third kappa shape index (κ3) is 7.28. The number of allylic oxidation sites excluding steroid dienone is 1. The Bertz CT molecular complexity index is 1780. The molecule has 8 rings (SSSR count). The van der Waals surface area contributed by atoms with Crippen molar-refractivity contribution < 1.29 is 17.9 Å². The van der Waals surface area contributed by atoms with Gasteiger partial charge in [-0.25, -0.2) is 13.1 Å². The Morgan fingerprint density at radius 2 is 1.87 bits per heavy atom. The van der Waals surface area contributed by atoms with E-state index in [0.29, 0.717) is 42.4 Å². The lowest BCUT2D eigenvalue weighted by Crippen LogP contribution is -2.54. The van der Waals surface area contributed by atoms with E-state index in [0.717, 1.165) is 75.0 Å². The summed E-state index contributed by atoms with van der Waals surface area (Å²) in [7, 11) is -3.90. The standard InChI is InChI=1S/C42H57ClN4O4S/c1-29-8-6-9-33(24-45-20-21-46-19-5-3-4-11-36(46)26-45)37-15-12-34(37)25-47-27-42(18-7-10-31-22-35(43)14-16-38(31)42)28-51-40-17-13-32(23-39(40)47)41(48)44-52(49,50)30(29)2/h6,9,13-14,16-17,22-23,29-30,33-34,36-37H,3-5,7-8,10-12,15,18-21,24-28H2,1-2H3,(H,44,48)/b9-6+/t29-,30+,33+,34-,36?,37-,42-/m0/s1. The second-order valence-corrected chi connectivity index (χ2v) is 19.5. The Morgan fingerprint density at radius 3 is 2.71 bits per heavy atom. The first-order chi connectivity index (χ1) is 25.1. The van der Waals surface area contributed by atoms with Gasteiger partial charge in [0.25, 0.3) is 5.91 Å². The number of carbonyl (C=O) groups is 1. The molecule has 3 fully saturated rings. The van der Waals surface area contributed by atoms with Gasteiger partial charge in [-0.1, -0.05) is 49.6 Å². The van der Waals surface area contributed by atoms with E-state index < -0.39 is 21.2 Å². The molecule has 2 aromatic carbocycles. The van der Waals surface area contributed by atoms with Gasteiger partial charge in [0, 0.05) is 61.3 Å². The lowest BCUT2D eigenvalue weighted by Gasteiger charge is -2.48.